The maximum atomic E-state index is 10.2. The normalized spacial score (nSPS) is 13.5. The van der Waals surface area contributed by atoms with Crippen LogP contribution in [0.1, 0.15) is 39.5 Å². The summed E-state index contributed by atoms with van der Waals surface area (Å²) >= 11 is 0. The van der Waals surface area contributed by atoms with Crippen LogP contribution in [-0.2, 0) is 4.79 Å². The first-order valence-corrected chi connectivity index (χ1v) is 4.69. The van der Waals surface area contributed by atoms with Gasteiger partial charge >= 0.3 is 29.6 Å². The molecule has 0 saturated carbocycles. The fraction of sp³-hybridized carbons (Fsp3) is 0.800. The summed E-state index contributed by atoms with van der Waals surface area (Å²) in [5.41, 5.74) is 0. The molecule has 0 saturated heterocycles. The van der Waals surface area contributed by atoms with Crippen molar-refractivity contribution in [2.24, 2.45) is 11.8 Å². The first kappa shape index (κ1) is 16.4. The van der Waals surface area contributed by atoms with Crippen LogP contribution in [0.5, 0.6) is 0 Å². The zero-order valence-corrected chi connectivity index (χ0v) is 11.2. The van der Waals surface area contributed by atoms with E-state index >= 15 is 0 Å². The quantitative estimate of drug-likeness (QED) is 0.476. The molecule has 0 radical (unpaired) electrons. The number of hydrogen-bond acceptors (Lipinski definition) is 3. The molecule has 1 unspecified atom stereocenters. The monoisotopic (exact) mass is 205 g/mol. The Hall–Kier alpha value is -0.0400. The Morgan fingerprint density at radius 1 is 1.57 bits per heavy atom. The summed E-state index contributed by atoms with van der Waals surface area (Å²) in [5, 5.41) is 18.9. The third-order valence-electron chi connectivity index (χ3n) is 2.06. The zero-order valence-electron chi connectivity index (χ0n) is 9.25. The molecule has 2 atom stereocenters. The van der Waals surface area contributed by atoms with E-state index in [0.717, 1.165) is 12.8 Å². The second-order valence-corrected chi connectivity index (χ2v) is 3.53. The molecule has 74 valence electrons. The summed E-state index contributed by atoms with van der Waals surface area (Å²) in [5.74, 6) is -1.09. The van der Waals surface area contributed by atoms with Crippen molar-refractivity contribution in [3.05, 3.63) is 0 Å². The van der Waals surface area contributed by atoms with Gasteiger partial charge in [0.1, 0.15) is 0 Å². The molecule has 0 bridgehead atoms. The van der Waals surface area contributed by atoms with Crippen LogP contribution in [0.2, 0.25) is 0 Å². The SMILES string of the molecule is CCC[C@@H](C)CC(C#N)CC(=O)[O-].[Na+]. The van der Waals surface area contributed by atoms with Crippen LogP contribution in [0, 0.1) is 23.2 Å². The van der Waals surface area contributed by atoms with E-state index in [4.69, 9.17) is 5.26 Å². The Morgan fingerprint density at radius 3 is 2.50 bits per heavy atom. The van der Waals surface area contributed by atoms with Crippen molar-refractivity contribution < 1.29 is 39.5 Å². The molecule has 0 fully saturated rings. The fourth-order valence-electron chi connectivity index (χ4n) is 1.48. The predicted molar refractivity (Wildman–Crippen MR) is 47.4 cm³/mol. The Kier molecular flexibility index (Phi) is 11.1. The molecule has 0 aliphatic carbocycles. The van der Waals surface area contributed by atoms with Gasteiger partial charge in [0.2, 0.25) is 0 Å². The van der Waals surface area contributed by atoms with E-state index < -0.39 is 5.97 Å². The van der Waals surface area contributed by atoms with E-state index in [0.29, 0.717) is 12.3 Å². The number of rotatable bonds is 6. The van der Waals surface area contributed by atoms with Crippen LogP contribution in [0.25, 0.3) is 0 Å². The van der Waals surface area contributed by atoms with Gasteiger partial charge in [0.05, 0.1) is 12.0 Å². The van der Waals surface area contributed by atoms with Gasteiger partial charge in [-0.3, -0.25) is 0 Å². The fourth-order valence-corrected chi connectivity index (χ4v) is 1.48. The molecule has 3 nitrogen and oxygen atoms in total. The molecule has 0 rings (SSSR count). The first-order chi connectivity index (χ1) is 6.10. The number of hydrogen-bond donors (Lipinski definition) is 0. The van der Waals surface area contributed by atoms with E-state index in [1.807, 2.05) is 13.0 Å². The number of nitrogens with zero attached hydrogens (tertiary/aromatic N) is 1. The van der Waals surface area contributed by atoms with Gasteiger partial charge in [-0.2, -0.15) is 5.26 Å². The summed E-state index contributed by atoms with van der Waals surface area (Å²) in [4.78, 5) is 10.2. The minimum atomic E-state index is -1.13. The standard InChI is InChI=1S/C10H17NO2.Na/c1-3-4-8(2)5-9(7-11)6-10(12)13;/h8-9H,3-6H2,1-2H3,(H,12,13);/q;+1/p-1/t8-,9?;/m1./s1. The van der Waals surface area contributed by atoms with Crippen molar-refractivity contribution in [1.29, 1.82) is 5.26 Å². The molecule has 0 aromatic rings. The van der Waals surface area contributed by atoms with Crippen molar-refractivity contribution in [1.82, 2.24) is 0 Å². The van der Waals surface area contributed by atoms with Gasteiger partial charge in [0.15, 0.2) is 0 Å². The zero-order chi connectivity index (χ0) is 10.3. The van der Waals surface area contributed by atoms with Crippen molar-refractivity contribution in [3.63, 3.8) is 0 Å². The third kappa shape index (κ3) is 8.55. The Labute approximate surface area is 108 Å². The maximum absolute atomic E-state index is 10.2. The minimum absolute atomic E-state index is 0. The molecular weight excluding hydrogens is 189 g/mol. The number of carbonyl (C=O) groups excluding carboxylic acids is 1. The average molecular weight is 205 g/mol. The molecule has 0 heterocycles. The Balaban J connectivity index is 0. The number of nitriles is 1. The first-order valence-electron chi connectivity index (χ1n) is 4.69. The van der Waals surface area contributed by atoms with Crippen LogP contribution in [0.15, 0.2) is 0 Å². The van der Waals surface area contributed by atoms with Gasteiger partial charge in [-0.15, -0.1) is 0 Å². The number of carboxylic acid groups (broad SMARTS) is 1. The third-order valence-corrected chi connectivity index (χ3v) is 2.06. The van der Waals surface area contributed by atoms with E-state index in [1.165, 1.54) is 0 Å². The van der Waals surface area contributed by atoms with Gasteiger partial charge in [-0.05, 0) is 12.3 Å². The van der Waals surface area contributed by atoms with Crippen LogP contribution < -0.4 is 34.7 Å². The molecule has 4 heteroatoms. The molecule has 0 aliphatic heterocycles. The van der Waals surface area contributed by atoms with Gasteiger partial charge in [0, 0.05) is 12.4 Å². The van der Waals surface area contributed by atoms with E-state index in [1.54, 1.807) is 0 Å². The van der Waals surface area contributed by atoms with E-state index in [2.05, 4.69) is 6.92 Å². The number of aliphatic carboxylic acids is 1. The van der Waals surface area contributed by atoms with Crippen LogP contribution in [0.3, 0.4) is 0 Å². The van der Waals surface area contributed by atoms with E-state index in [-0.39, 0.29) is 41.9 Å². The second kappa shape index (κ2) is 9.51. The van der Waals surface area contributed by atoms with Crippen LogP contribution in [-0.4, -0.2) is 5.97 Å². The molecule has 0 aromatic carbocycles. The number of carbonyl (C=O) groups is 1. The van der Waals surface area contributed by atoms with Gasteiger partial charge in [-0.25, -0.2) is 0 Å². The summed E-state index contributed by atoms with van der Waals surface area (Å²) in [6, 6.07) is 2.00. The summed E-state index contributed by atoms with van der Waals surface area (Å²) in [6.45, 7) is 4.12. The van der Waals surface area contributed by atoms with Crippen molar-refractivity contribution in [2.75, 3.05) is 0 Å². The van der Waals surface area contributed by atoms with Crippen molar-refractivity contribution >= 4 is 5.97 Å². The predicted octanol–water partition coefficient (Wildman–Crippen LogP) is -1.90. The molecule has 0 amide bonds. The topological polar surface area (TPSA) is 63.9 Å². The van der Waals surface area contributed by atoms with Gasteiger partial charge < -0.3 is 9.90 Å². The van der Waals surface area contributed by atoms with Crippen molar-refractivity contribution in [3.8, 4) is 6.07 Å². The minimum Gasteiger partial charge on any atom is -0.550 e. The number of carboxylic acids is 1. The average Bonchev–Trinajstić information content (AvgIpc) is 2.02. The Bertz CT molecular complexity index is 201. The van der Waals surface area contributed by atoms with Crippen molar-refractivity contribution in [2.45, 2.75) is 39.5 Å². The Morgan fingerprint density at radius 2 is 2.14 bits per heavy atom. The molecule has 14 heavy (non-hydrogen) atoms. The molecule has 0 aliphatic rings. The van der Waals surface area contributed by atoms with Gasteiger partial charge in [0.25, 0.3) is 0 Å². The smallest absolute Gasteiger partial charge is 0.550 e. The summed E-state index contributed by atoms with van der Waals surface area (Å²) < 4.78 is 0. The van der Waals surface area contributed by atoms with Crippen LogP contribution in [0.4, 0.5) is 0 Å². The largest absolute Gasteiger partial charge is 1.00 e. The molecule has 0 aromatic heterocycles. The molecular formula is C10H16NNaO2. The summed E-state index contributed by atoms with van der Waals surface area (Å²) in [7, 11) is 0. The molecule has 0 N–H and O–H groups in total. The molecule has 0 spiro atoms. The van der Waals surface area contributed by atoms with E-state index in [9.17, 15) is 9.90 Å². The maximum Gasteiger partial charge on any atom is 1.00 e. The summed E-state index contributed by atoms with van der Waals surface area (Å²) in [6.07, 6.45) is 2.65. The van der Waals surface area contributed by atoms with Crippen LogP contribution >= 0.6 is 0 Å². The van der Waals surface area contributed by atoms with Gasteiger partial charge in [-0.1, -0.05) is 26.7 Å². The second-order valence-electron chi connectivity index (χ2n) is 3.53.